The number of rotatable bonds is 9. The number of methoxy groups -OCH3 is 3. The van der Waals surface area contributed by atoms with E-state index in [1.54, 1.807) is 48.5 Å². The molecule has 2 N–H and O–H groups in total. The lowest BCUT2D eigenvalue weighted by atomic mass is 10.0. The van der Waals surface area contributed by atoms with E-state index in [4.69, 9.17) is 30.5 Å². The minimum Gasteiger partial charge on any atom is -0.493 e. The lowest BCUT2D eigenvalue weighted by Crippen LogP contribution is -2.19. The number of benzene rings is 4. The van der Waals surface area contributed by atoms with Gasteiger partial charge in [-0.3, -0.25) is 4.79 Å². The zero-order valence-corrected chi connectivity index (χ0v) is 25.9. The van der Waals surface area contributed by atoms with Crippen LogP contribution in [0.15, 0.2) is 82.4 Å². The number of ether oxygens (including phenoxy) is 4. The molecular weight excluding hydrogens is 657 g/mol. The van der Waals surface area contributed by atoms with Crippen molar-refractivity contribution in [1.82, 2.24) is 10.4 Å². The molecule has 0 saturated heterocycles. The topological polar surface area (TPSA) is 111 Å². The Morgan fingerprint density at radius 3 is 2.34 bits per heavy atom. The number of esters is 1. The number of aromatic nitrogens is 1. The van der Waals surface area contributed by atoms with Crippen molar-refractivity contribution in [1.29, 1.82) is 0 Å². The van der Waals surface area contributed by atoms with Gasteiger partial charge in [0.2, 0.25) is 5.75 Å². The number of nitrogens with one attached hydrogen (secondary N) is 2. The van der Waals surface area contributed by atoms with Crippen LogP contribution in [0.3, 0.4) is 0 Å². The summed E-state index contributed by atoms with van der Waals surface area (Å²) in [5.74, 6) is -0.680. The van der Waals surface area contributed by atoms with Crippen LogP contribution in [0.25, 0.3) is 22.0 Å². The minimum atomic E-state index is -0.694. The van der Waals surface area contributed by atoms with Crippen LogP contribution in [-0.2, 0) is 0 Å². The highest BCUT2D eigenvalue weighted by Gasteiger charge is 2.22. The fraction of sp³-hybridized carbons (Fsp3) is 0.0938. The molecule has 5 rings (SSSR count). The van der Waals surface area contributed by atoms with Crippen LogP contribution in [0, 0.1) is 5.82 Å². The lowest BCUT2D eigenvalue weighted by molar-refractivity contribution is 0.0733. The van der Waals surface area contributed by atoms with Crippen molar-refractivity contribution in [2.24, 2.45) is 5.10 Å². The molecule has 1 aromatic heterocycles. The fourth-order valence-corrected chi connectivity index (χ4v) is 5.17. The van der Waals surface area contributed by atoms with Crippen molar-refractivity contribution >= 4 is 56.5 Å². The molecule has 0 bridgehead atoms. The minimum absolute atomic E-state index is 0.138. The second-order valence-electron chi connectivity index (χ2n) is 9.23. The molecule has 4 aromatic carbocycles. The summed E-state index contributed by atoms with van der Waals surface area (Å²) in [6.07, 6.45) is 1.33. The number of fused-ring (bicyclic) bond motifs is 1. The molecule has 0 atom stereocenters. The summed E-state index contributed by atoms with van der Waals surface area (Å²) in [5.41, 5.74) is 4.68. The van der Waals surface area contributed by atoms with Crippen LogP contribution < -0.4 is 24.4 Å². The Hall–Kier alpha value is -4.87. The molecule has 0 aliphatic carbocycles. The number of nitrogens with zero attached hydrogens (tertiary/aromatic N) is 1. The average Bonchev–Trinajstić information content (AvgIpc) is 3.40. The van der Waals surface area contributed by atoms with Crippen LogP contribution in [0.4, 0.5) is 4.39 Å². The maximum absolute atomic E-state index is 14.2. The smallest absolute Gasteiger partial charge is 0.343 e. The summed E-state index contributed by atoms with van der Waals surface area (Å²) in [7, 11) is 4.34. The first-order chi connectivity index (χ1) is 21.2. The third-order valence-electron chi connectivity index (χ3n) is 6.58. The molecule has 9 nitrogen and oxygen atoms in total. The molecule has 1 amide bonds. The first-order valence-electron chi connectivity index (χ1n) is 12.9. The van der Waals surface area contributed by atoms with Gasteiger partial charge in [-0.05, 0) is 54.6 Å². The molecule has 0 aliphatic heterocycles. The van der Waals surface area contributed by atoms with E-state index in [0.717, 1.165) is 0 Å². The second-order valence-corrected chi connectivity index (χ2v) is 10.6. The van der Waals surface area contributed by atoms with Crippen molar-refractivity contribution in [3.8, 4) is 34.1 Å². The molecule has 1 heterocycles. The second kappa shape index (κ2) is 13.2. The van der Waals surface area contributed by atoms with E-state index in [-0.39, 0.29) is 28.5 Å². The quantitative estimate of drug-likeness (QED) is 0.0727. The van der Waals surface area contributed by atoms with Gasteiger partial charge in [-0.1, -0.05) is 45.7 Å². The highest BCUT2D eigenvalue weighted by atomic mass is 79.9. The molecule has 0 spiro atoms. The van der Waals surface area contributed by atoms with Crippen molar-refractivity contribution in [2.45, 2.75) is 0 Å². The summed E-state index contributed by atoms with van der Waals surface area (Å²) in [5, 5.41) is 4.98. The van der Waals surface area contributed by atoms with Gasteiger partial charge in [0.25, 0.3) is 5.91 Å². The summed E-state index contributed by atoms with van der Waals surface area (Å²) < 4.78 is 36.5. The Morgan fingerprint density at radius 2 is 1.66 bits per heavy atom. The monoisotopic (exact) mass is 679 g/mol. The van der Waals surface area contributed by atoms with Gasteiger partial charge in [0.15, 0.2) is 11.5 Å². The molecule has 0 unspecified atom stereocenters. The van der Waals surface area contributed by atoms with Crippen LogP contribution in [-0.4, -0.2) is 44.4 Å². The summed E-state index contributed by atoms with van der Waals surface area (Å²) in [6.45, 7) is 0. The molecule has 5 aromatic rings. The van der Waals surface area contributed by atoms with E-state index in [9.17, 15) is 14.0 Å². The first kappa shape index (κ1) is 30.6. The van der Waals surface area contributed by atoms with Gasteiger partial charge >= 0.3 is 5.97 Å². The number of carbonyl (C=O) groups excluding carboxylic acids is 2. The normalized spacial score (nSPS) is 11.0. The number of hydrazone groups is 1. The number of halogens is 3. The Balaban J connectivity index is 1.42. The largest absolute Gasteiger partial charge is 0.493 e. The molecular formula is C32H24BrClFN3O6. The third-order valence-corrected chi connectivity index (χ3v) is 7.40. The average molecular weight is 681 g/mol. The van der Waals surface area contributed by atoms with Gasteiger partial charge < -0.3 is 23.9 Å². The Morgan fingerprint density at radius 1 is 0.932 bits per heavy atom. The van der Waals surface area contributed by atoms with E-state index in [0.29, 0.717) is 42.8 Å². The Kier molecular flexibility index (Phi) is 9.17. The molecule has 0 aliphatic rings. The standard InChI is InChI=1S/C32H24BrClFN3O6/c1-41-26-13-17(14-27(42-2)30(26)43-3)32(40)44-25-11-8-19(33)12-18(25)16-36-38-31(39)29-28(21-6-4-5-7-23(21)34)22-15-20(35)9-10-24(22)37-29/h4-16,37H,1-3H3,(H,38,39). The number of hydrogen-bond donors (Lipinski definition) is 2. The van der Waals surface area contributed by atoms with E-state index in [1.807, 2.05) is 0 Å². The molecule has 44 heavy (non-hydrogen) atoms. The van der Waals surface area contributed by atoms with Crippen LogP contribution in [0.5, 0.6) is 23.0 Å². The Bertz CT molecular complexity index is 1900. The number of H-pyrrole nitrogens is 1. The van der Waals surface area contributed by atoms with Crippen LogP contribution in [0.2, 0.25) is 5.02 Å². The first-order valence-corrected chi connectivity index (χ1v) is 14.1. The summed E-state index contributed by atoms with van der Waals surface area (Å²) >= 11 is 9.85. The van der Waals surface area contributed by atoms with Gasteiger partial charge in [-0.2, -0.15) is 5.10 Å². The van der Waals surface area contributed by atoms with E-state index in [2.05, 4.69) is 31.4 Å². The highest BCUT2D eigenvalue weighted by molar-refractivity contribution is 9.10. The SMILES string of the molecule is COc1cc(C(=O)Oc2ccc(Br)cc2C=NNC(=O)c2[nH]c3ccc(F)cc3c2-c2ccccc2Cl)cc(OC)c1OC. The number of hydrogen-bond acceptors (Lipinski definition) is 7. The summed E-state index contributed by atoms with van der Waals surface area (Å²) in [4.78, 5) is 29.5. The number of amides is 1. The van der Waals surface area contributed by atoms with Crippen molar-refractivity contribution in [3.05, 3.63) is 105 Å². The maximum atomic E-state index is 14.2. The zero-order chi connectivity index (χ0) is 31.4. The van der Waals surface area contributed by atoms with Gasteiger partial charge in [0.05, 0.1) is 33.1 Å². The fourth-order valence-electron chi connectivity index (χ4n) is 4.57. The van der Waals surface area contributed by atoms with E-state index >= 15 is 0 Å². The lowest BCUT2D eigenvalue weighted by Gasteiger charge is -2.14. The van der Waals surface area contributed by atoms with Crippen LogP contribution in [0.1, 0.15) is 26.4 Å². The van der Waals surface area contributed by atoms with Crippen molar-refractivity contribution in [3.63, 3.8) is 0 Å². The predicted molar refractivity (Wildman–Crippen MR) is 169 cm³/mol. The predicted octanol–water partition coefficient (Wildman–Crippen LogP) is 7.40. The van der Waals surface area contributed by atoms with Gasteiger partial charge in [0.1, 0.15) is 17.3 Å². The van der Waals surface area contributed by atoms with Gasteiger partial charge in [-0.25, -0.2) is 14.6 Å². The maximum Gasteiger partial charge on any atom is 0.343 e. The van der Waals surface area contributed by atoms with Crippen LogP contribution >= 0.6 is 27.5 Å². The summed E-state index contributed by atoms with van der Waals surface area (Å²) in [6, 6.07) is 19.0. The van der Waals surface area contributed by atoms with E-state index < -0.39 is 17.7 Å². The molecule has 0 radical (unpaired) electrons. The Labute approximate surface area is 264 Å². The number of carbonyl (C=O) groups is 2. The molecule has 0 fully saturated rings. The molecule has 12 heteroatoms. The molecule has 224 valence electrons. The van der Waals surface area contributed by atoms with Gasteiger partial charge in [0, 0.05) is 37.1 Å². The van der Waals surface area contributed by atoms with E-state index in [1.165, 1.54) is 51.8 Å². The number of aromatic amines is 1. The van der Waals surface area contributed by atoms with Crippen molar-refractivity contribution < 1.29 is 32.9 Å². The van der Waals surface area contributed by atoms with Crippen molar-refractivity contribution in [2.75, 3.05) is 21.3 Å². The van der Waals surface area contributed by atoms with Gasteiger partial charge in [-0.15, -0.1) is 0 Å². The zero-order valence-electron chi connectivity index (χ0n) is 23.5. The highest BCUT2D eigenvalue weighted by Crippen LogP contribution is 2.39. The molecule has 0 saturated carbocycles. The third kappa shape index (κ3) is 6.24.